The first-order chi connectivity index (χ1) is 13.1. The van der Waals surface area contributed by atoms with Crippen molar-refractivity contribution in [2.75, 3.05) is 26.2 Å². The Morgan fingerprint density at radius 2 is 1.78 bits per heavy atom. The molecule has 4 rings (SSSR count). The fraction of sp³-hybridized carbons (Fsp3) is 0.476. The van der Waals surface area contributed by atoms with Crippen molar-refractivity contribution in [3.63, 3.8) is 0 Å². The van der Waals surface area contributed by atoms with Gasteiger partial charge in [-0.25, -0.2) is 4.98 Å². The first-order valence-corrected chi connectivity index (χ1v) is 10.0. The Hall–Kier alpha value is -1.98. The van der Waals surface area contributed by atoms with Crippen molar-refractivity contribution in [2.24, 2.45) is 5.41 Å². The number of amides is 1. The van der Waals surface area contributed by atoms with Crippen molar-refractivity contribution in [3.05, 3.63) is 59.1 Å². The summed E-state index contributed by atoms with van der Waals surface area (Å²) in [5, 5.41) is 0.371. The van der Waals surface area contributed by atoms with E-state index in [9.17, 15) is 4.79 Å². The second kappa shape index (κ2) is 7.95. The predicted octanol–water partition coefficient (Wildman–Crippen LogP) is 3.65. The van der Waals surface area contributed by atoms with Crippen LogP contribution in [0.4, 0.5) is 0 Å². The summed E-state index contributed by atoms with van der Waals surface area (Å²) in [7, 11) is 0. The summed E-state index contributed by atoms with van der Waals surface area (Å²) in [5.41, 5.74) is 2.12. The molecule has 1 amide bonds. The largest absolute Gasteiger partial charge is 0.337 e. The van der Waals surface area contributed by atoms with Crippen molar-refractivity contribution >= 4 is 17.5 Å². The number of carbonyl (C=O) groups is 1. The number of aromatic nitrogens is 2. The van der Waals surface area contributed by atoms with Gasteiger partial charge in [0, 0.05) is 32.0 Å². The van der Waals surface area contributed by atoms with Crippen LogP contribution < -0.4 is 0 Å². The summed E-state index contributed by atoms with van der Waals surface area (Å²) in [6.07, 6.45) is 8.37. The third-order valence-electron chi connectivity index (χ3n) is 6.09. The molecular weight excluding hydrogens is 360 g/mol. The lowest BCUT2D eigenvalue weighted by Crippen LogP contribution is -2.48. The van der Waals surface area contributed by atoms with Crippen molar-refractivity contribution in [2.45, 2.75) is 32.2 Å². The van der Waals surface area contributed by atoms with Crippen molar-refractivity contribution in [3.8, 4) is 0 Å². The van der Waals surface area contributed by atoms with Crippen LogP contribution in [0.2, 0.25) is 5.15 Å². The summed E-state index contributed by atoms with van der Waals surface area (Å²) >= 11 is 5.93. The molecule has 2 aliphatic rings. The van der Waals surface area contributed by atoms with E-state index < -0.39 is 0 Å². The maximum Gasteiger partial charge on any atom is 0.272 e. The van der Waals surface area contributed by atoms with E-state index >= 15 is 0 Å². The Labute approximate surface area is 165 Å². The van der Waals surface area contributed by atoms with Gasteiger partial charge in [0.05, 0.1) is 0 Å². The molecule has 0 bridgehead atoms. The van der Waals surface area contributed by atoms with Crippen molar-refractivity contribution < 1.29 is 4.79 Å². The standard InChI is InChI=1S/C21H25ClN4O/c22-19-5-1-4-18(24-19)20(27)26-13-8-21(9-14-26)6-11-25(12-7-21)16-17-3-2-10-23-15-17/h1-5,10,15H,6-9,11-14,16H2. The van der Waals surface area contributed by atoms with Gasteiger partial charge in [-0.05, 0) is 68.0 Å². The Bertz CT molecular complexity index is 780. The number of carbonyl (C=O) groups excluding carboxylic acids is 1. The predicted molar refractivity (Wildman–Crippen MR) is 106 cm³/mol. The number of pyridine rings is 2. The van der Waals surface area contributed by atoms with E-state index in [-0.39, 0.29) is 5.91 Å². The number of piperidine rings is 2. The quantitative estimate of drug-likeness (QED) is 0.758. The maximum atomic E-state index is 12.7. The minimum atomic E-state index is 0.00126. The molecule has 27 heavy (non-hydrogen) atoms. The van der Waals surface area contributed by atoms with Crippen LogP contribution in [0, 0.1) is 5.41 Å². The molecule has 0 aromatic carbocycles. The highest BCUT2D eigenvalue weighted by atomic mass is 35.5. The minimum absolute atomic E-state index is 0.00126. The molecule has 4 heterocycles. The van der Waals surface area contributed by atoms with Crippen LogP contribution in [0.25, 0.3) is 0 Å². The van der Waals surface area contributed by atoms with Crippen LogP contribution in [0.1, 0.15) is 41.7 Å². The van der Waals surface area contributed by atoms with Crippen LogP contribution in [0.15, 0.2) is 42.7 Å². The molecule has 2 fully saturated rings. The molecule has 6 heteroatoms. The minimum Gasteiger partial charge on any atom is -0.337 e. The fourth-order valence-corrected chi connectivity index (χ4v) is 4.47. The molecule has 142 valence electrons. The number of nitrogens with zero attached hydrogens (tertiary/aromatic N) is 4. The fourth-order valence-electron chi connectivity index (χ4n) is 4.31. The second-order valence-corrected chi connectivity index (χ2v) is 8.16. The van der Waals surface area contributed by atoms with Gasteiger partial charge in [-0.2, -0.15) is 0 Å². The van der Waals surface area contributed by atoms with E-state index in [0.29, 0.717) is 16.3 Å². The normalized spacial score (nSPS) is 20.0. The van der Waals surface area contributed by atoms with Crippen molar-refractivity contribution in [1.82, 2.24) is 19.8 Å². The van der Waals surface area contributed by atoms with Crippen LogP contribution in [0.5, 0.6) is 0 Å². The highest BCUT2D eigenvalue weighted by Gasteiger charge is 2.38. The van der Waals surface area contributed by atoms with E-state index in [1.165, 1.54) is 18.4 Å². The third kappa shape index (κ3) is 4.30. The van der Waals surface area contributed by atoms with Gasteiger partial charge in [-0.15, -0.1) is 0 Å². The van der Waals surface area contributed by atoms with E-state index in [2.05, 4.69) is 20.9 Å². The average Bonchev–Trinajstić information content (AvgIpc) is 2.71. The van der Waals surface area contributed by atoms with Crippen LogP contribution in [0.3, 0.4) is 0 Å². The number of hydrogen-bond donors (Lipinski definition) is 0. The Morgan fingerprint density at radius 1 is 1.04 bits per heavy atom. The van der Waals surface area contributed by atoms with Gasteiger partial charge in [0.15, 0.2) is 0 Å². The van der Waals surface area contributed by atoms with Gasteiger partial charge in [0.25, 0.3) is 5.91 Å². The molecule has 0 unspecified atom stereocenters. The second-order valence-electron chi connectivity index (χ2n) is 7.78. The molecule has 0 saturated carbocycles. The van der Waals surface area contributed by atoms with Crippen molar-refractivity contribution in [1.29, 1.82) is 0 Å². The molecular formula is C21H25ClN4O. The lowest BCUT2D eigenvalue weighted by Gasteiger charge is -2.46. The van der Waals surface area contributed by atoms with Gasteiger partial charge in [-0.1, -0.05) is 23.7 Å². The number of hydrogen-bond acceptors (Lipinski definition) is 4. The molecule has 1 spiro atoms. The molecule has 5 nitrogen and oxygen atoms in total. The smallest absolute Gasteiger partial charge is 0.272 e. The van der Waals surface area contributed by atoms with Gasteiger partial charge < -0.3 is 4.90 Å². The molecule has 0 radical (unpaired) electrons. The zero-order valence-corrected chi connectivity index (χ0v) is 16.2. The molecule has 0 atom stereocenters. The highest BCUT2D eigenvalue weighted by Crippen LogP contribution is 2.41. The number of halogens is 1. The number of rotatable bonds is 3. The Balaban J connectivity index is 1.30. The summed E-state index contributed by atoms with van der Waals surface area (Å²) in [6, 6.07) is 9.37. The van der Waals surface area contributed by atoms with Gasteiger partial charge >= 0.3 is 0 Å². The van der Waals surface area contributed by atoms with Crippen LogP contribution >= 0.6 is 11.6 Å². The highest BCUT2D eigenvalue weighted by molar-refractivity contribution is 6.29. The molecule has 2 aromatic heterocycles. The van der Waals surface area contributed by atoms with E-state index in [4.69, 9.17) is 11.6 Å². The van der Waals surface area contributed by atoms with E-state index in [0.717, 1.165) is 45.6 Å². The summed E-state index contributed by atoms with van der Waals surface area (Å²) in [5.74, 6) is 0.00126. The maximum absolute atomic E-state index is 12.7. The topological polar surface area (TPSA) is 49.3 Å². The SMILES string of the molecule is O=C(c1cccc(Cl)n1)N1CCC2(CCN(Cc3cccnc3)CC2)CC1. The zero-order chi connectivity index (χ0) is 18.7. The lowest BCUT2D eigenvalue weighted by molar-refractivity contribution is 0.0282. The van der Waals surface area contributed by atoms with E-state index in [1.807, 2.05) is 23.4 Å². The summed E-state index contributed by atoms with van der Waals surface area (Å²) in [6.45, 7) is 4.86. The first kappa shape index (κ1) is 18.4. The van der Waals surface area contributed by atoms with Crippen LogP contribution in [-0.2, 0) is 6.54 Å². The van der Waals surface area contributed by atoms with Crippen LogP contribution in [-0.4, -0.2) is 51.9 Å². The summed E-state index contributed by atoms with van der Waals surface area (Å²) in [4.78, 5) is 25.5. The third-order valence-corrected chi connectivity index (χ3v) is 6.30. The Morgan fingerprint density at radius 3 is 2.44 bits per heavy atom. The van der Waals surface area contributed by atoms with Gasteiger partial charge in [0.2, 0.25) is 0 Å². The first-order valence-electron chi connectivity index (χ1n) is 9.67. The molecule has 2 aliphatic heterocycles. The van der Waals surface area contributed by atoms with Gasteiger partial charge in [-0.3, -0.25) is 14.7 Å². The monoisotopic (exact) mass is 384 g/mol. The van der Waals surface area contributed by atoms with E-state index in [1.54, 1.807) is 18.2 Å². The Kier molecular flexibility index (Phi) is 5.41. The number of likely N-dealkylation sites (tertiary alicyclic amines) is 2. The molecule has 2 saturated heterocycles. The molecule has 0 aliphatic carbocycles. The summed E-state index contributed by atoms with van der Waals surface area (Å²) < 4.78 is 0. The molecule has 0 N–H and O–H groups in total. The van der Waals surface area contributed by atoms with Gasteiger partial charge in [0.1, 0.15) is 10.8 Å². The lowest BCUT2D eigenvalue weighted by atomic mass is 9.71. The average molecular weight is 385 g/mol. The zero-order valence-electron chi connectivity index (χ0n) is 15.5. The molecule has 2 aromatic rings.